The Kier molecular flexibility index (Phi) is 5.46. The van der Waals surface area contributed by atoms with Crippen LogP contribution < -0.4 is 5.73 Å². The summed E-state index contributed by atoms with van der Waals surface area (Å²) in [4.78, 5) is 3.32. The molecular formula is C17H26N2. The largest absolute Gasteiger partial charge is 0.361 e. The van der Waals surface area contributed by atoms with E-state index in [1.54, 1.807) is 0 Å². The summed E-state index contributed by atoms with van der Waals surface area (Å²) in [5.74, 6) is 0. The van der Waals surface area contributed by atoms with E-state index in [2.05, 4.69) is 42.4 Å². The molecule has 1 unspecified atom stereocenters. The summed E-state index contributed by atoms with van der Waals surface area (Å²) >= 11 is 0. The van der Waals surface area contributed by atoms with Gasteiger partial charge in [0.15, 0.2) is 0 Å². The van der Waals surface area contributed by atoms with E-state index in [1.165, 1.54) is 48.6 Å². The minimum absolute atomic E-state index is 0.292. The van der Waals surface area contributed by atoms with Gasteiger partial charge in [-0.2, -0.15) is 0 Å². The monoisotopic (exact) mass is 258 g/mol. The fourth-order valence-corrected chi connectivity index (χ4v) is 2.70. The highest BCUT2D eigenvalue weighted by atomic mass is 14.7. The van der Waals surface area contributed by atoms with Gasteiger partial charge >= 0.3 is 0 Å². The van der Waals surface area contributed by atoms with E-state index in [0.29, 0.717) is 6.04 Å². The Hall–Kier alpha value is -1.28. The molecule has 0 saturated heterocycles. The zero-order chi connectivity index (χ0) is 13.5. The number of aromatic nitrogens is 1. The van der Waals surface area contributed by atoms with Crippen molar-refractivity contribution in [3.63, 3.8) is 0 Å². The second kappa shape index (κ2) is 7.34. The van der Waals surface area contributed by atoms with Crippen molar-refractivity contribution >= 4 is 10.9 Å². The molecule has 0 saturated carbocycles. The van der Waals surface area contributed by atoms with Crippen molar-refractivity contribution in [3.05, 3.63) is 36.0 Å². The predicted molar refractivity (Wildman–Crippen MR) is 83.4 cm³/mol. The summed E-state index contributed by atoms with van der Waals surface area (Å²) in [5, 5.41) is 1.32. The van der Waals surface area contributed by atoms with Crippen LogP contribution in [0.15, 0.2) is 30.5 Å². The summed E-state index contributed by atoms with van der Waals surface area (Å²) in [7, 11) is 0. The topological polar surface area (TPSA) is 41.8 Å². The number of unbranched alkanes of at least 4 members (excludes halogenated alkanes) is 4. The van der Waals surface area contributed by atoms with Gasteiger partial charge in [0.25, 0.3) is 0 Å². The van der Waals surface area contributed by atoms with Gasteiger partial charge in [-0.3, -0.25) is 0 Å². The fraction of sp³-hybridized carbons (Fsp3) is 0.529. The first-order valence-electron chi connectivity index (χ1n) is 7.62. The minimum Gasteiger partial charge on any atom is -0.361 e. The van der Waals surface area contributed by atoms with Gasteiger partial charge in [-0.25, -0.2) is 0 Å². The number of hydrogen-bond acceptors (Lipinski definition) is 1. The molecule has 1 heterocycles. The number of fused-ring (bicyclic) bond motifs is 1. The molecule has 2 nitrogen and oxygen atoms in total. The molecule has 2 rings (SSSR count). The highest BCUT2D eigenvalue weighted by Crippen LogP contribution is 2.19. The van der Waals surface area contributed by atoms with Crippen molar-refractivity contribution in [2.45, 2.75) is 57.9 Å². The van der Waals surface area contributed by atoms with E-state index >= 15 is 0 Å². The second-order valence-corrected chi connectivity index (χ2v) is 5.53. The highest BCUT2D eigenvalue weighted by molar-refractivity contribution is 5.83. The average Bonchev–Trinajstić information content (AvgIpc) is 2.82. The zero-order valence-electron chi connectivity index (χ0n) is 12.0. The van der Waals surface area contributed by atoms with Crippen LogP contribution in [0.4, 0.5) is 0 Å². The third-order valence-electron chi connectivity index (χ3n) is 3.84. The molecule has 0 aliphatic heterocycles. The Morgan fingerprint density at radius 1 is 1.11 bits per heavy atom. The quantitative estimate of drug-likeness (QED) is 0.677. The summed E-state index contributed by atoms with van der Waals surface area (Å²) < 4.78 is 0. The predicted octanol–water partition coefficient (Wildman–Crippen LogP) is 4.40. The molecule has 0 amide bonds. The van der Waals surface area contributed by atoms with Crippen LogP contribution in [0.25, 0.3) is 10.9 Å². The van der Waals surface area contributed by atoms with E-state index < -0.39 is 0 Å². The van der Waals surface area contributed by atoms with Crippen LogP contribution in [0.3, 0.4) is 0 Å². The number of aromatic amines is 1. The van der Waals surface area contributed by atoms with Gasteiger partial charge in [-0.15, -0.1) is 0 Å². The van der Waals surface area contributed by atoms with E-state index in [0.717, 1.165) is 12.8 Å². The van der Waals surface area contributed by atoms with Crippen molar-refractivity contribution in [1.29, 1.82) is 0 Å². The summed E-state index contributed by atoms with van der Waals surface area (Å²) in [6.07, 6.45) is 10.9. The van der Waals surface area contributed by atoms with Crippen molar-refractivity contribution in [1.82, 2.24) is 4.98 Å². The molecule has 1 atom stereocenters. The van der Waals surface area contributed by atoms with Crippen LogP contribution >= 0.6 is 0 Å². The van der Waals surface area contributed by atoms with Crippen LogP contribution in [-0.4, -0.2) is 11.0 Å². The van der Waals surface area contributed by atoms with Gasteiger partial charge in [0.1, 0.15) is 0 Å². The lowest BCUT2D eigenvalue weighted by molar-refractivity contribution is 0.539. The lowest BCUT2D eigenvalue weighted by atomic mass is 10.0. The standard InChI is InChI=1S/C17H26N2/c1-2-3-4-5-6-9-15(18)12-14-13-19-17-11-8-7-10-16(14)17/h7-8,10-11,13,15,19H,2-6,9,12,18H2,1H3. The van der Waals surface area contributed by atoms with Gasteiger partial charge in [0.05, 0.1) is 0 Å². The number of nitrogens with one attached hydrogen (secondary N) is 1. The molecule has 0 radical (unpaired) electrons. The third kappa shape index (κ3) is 4.10. The molecule has 1 aromatic heterocycles. The third-order valence-corrected chi connectivity index (χ3v) is 3.84. The molecule has 0 bridgehead atoms. The fourth-order valence-electron chi connectivity index (χ4n) is 2.70. The lowest BCUT2D eigenvalue weighted by Crippen LogP contribution is -2.22. The summed E-state index contributed by atoms with van der Waals surface area (Å²) in [6.45, 7) is 2.25. The zero-order valence-corrected chi connectivity index (χ0v) is 12.0. The maximum atomic E-state index is 6.26. The molecule has 19 heavy (non-hydrogen) atoms. The van der Waals surface area contributed by atoms with E-state index in [9.17, 15) is 0 Å². The molecular weight excluding hydrogens is 232 g/mol. The Bertz CT molecular complexity index is 487. The Morgan fingerprint density at radius 3 is 2.74 bits per heavy atom. The van der Waals surface area contributed by atoms with E-state index in [-0.39, 0.29) is 0 Å². The molecule has 0 aliphatic carbocycles. The highest BCUT2D eigenvalue weighted by Gasteiger charge is 2.08. The molecule has 1 aromatic carbocycles. The number of rotatable bonds is 8. The molecule has 2 aromatic rings. The summed E-state index contributed by atoms with van der Waals surface area (Å²) in [6, 6.07) is 8.75. The molecule has 3 N–H and O–H groups in total. The number of para-hydroxylation sites is 1. The summed E-state index contributed by atoms with van der Waals surface area (Å²) in [5.41, 5.74) is 8.83. The van der Waals surface area contributed by atoms with Gasteiger partial charge in [0.2, 0.25) is 0 Å². The maximum Gasteiger partial charge on any atom is 0.0456 e. The smallest absolute Gasteiger partial charge is 0.0456 e. The molecule has 0 fully saturated rings. The Balaban J connectivity index is 1.80. The normalized spacial score (nSPS) is 12.9. The van der Waals surface area contributed by atoms with Crippen molar-refractivity contribution in [2.24, 2.45) is 5.73 Å². The number of benzene rings is 1. The van der Waals surface area contributed by atoms with Crippen LogP contribution in [0, 0.1) is 0 Å². The first-order chi connectivity index (χ1) is 9.31. The number of H-pyrrole nitrogens is 1. The second-order valence-electron chi connectivity index (χ2n) is 5.53. The van der Waals surface area contributed by atoms with Crippen LogP contribution in [-0.2, 0) is 6.42 Å². The maximum absolute atomic E-state index is 6.26. The van der Waals surface area contributed by atoms with Crippen molar-refractivity contribution in [2.75, 3.05) is 0 Å². The SMILES string of the molecule is CCCCCCCC(N)Cc1c[nH]c2ccccc12. The van der Waals surface area contributed by atoms with Crippen molar-refractivity contribution in [3.8, 4) is 0 Å². The Morgan fingerprint density at radius 2 is 1.89 bits per heavy atom. The molecule has 2 heteroatoms. The van der Waals surface area contributed by atoms with Crippen LogP contribution in [0.1, 0.15) is 51.0 Å². The minimum atomic E-state index is 0.292. The van der Waals surface area contributed by atoms with Gasteiger partial charge in [-0.1, -0.05) is 57.2 Å². The van der Waals surface area contributed by atoms with Crippen molar-refractivity contribution < 1.29 is 0 Å². The van der Waals surface area contributed by atoms with E-state index in [1.807, 2.05) is 0 Å². The van der Waals surface area contributed by atoms with Gasteiger partial charge < -0.3 is 10.7 Å². The Labute approximate surface area is 116 Å². The molecule has 0 spiro atoms. The van der Waals surface area contributed by atoms with Gasteiger partial charge in [-0.05, 0) is 24.5 Å². The van der Waals surface area contributed by atoms with Crippen LogP contribution in [0.5, 0.6) is 0 Å². The molecule has 0 aliphatic rings. The number of hydrogen-bond donors (Lipinski definition) is 2. The lowest BCUT2D eigenvalue weighted by Gasteiger charge is -2.10. The average molecular weight is 258 g/mol. The van der Waals surface area contributed by atoms with Gasteiger partial charge in [0, 0.05) is 23.1 Å². The molecule has 104 valence electrons. The number of nitrogens with two attached hydrogens (primary N) is 1. The first kappa shape index (κ1) is 14.1. The first-order valence-corrected chi connectivity index (χ1v) is 7.62. The van der Waals surface area contributed by atoms with Crippen LogP contribution in [0.2, 0.25) is 0 Å². The van der Waals surface area contributed by atoms with E-state index in [4.69, 9.17) is 5.73 Å².